The zero-order chi connectivity index (χ0) is 22.1. The molecule has 0 saturated heterocycles. The van der Waals surface area contributed by atoms with E-state index in [1.165, 1.54) is 17.8 Å². The zero-order valence-corrected chi connectivity index (χ0v) is 18.4. The first kappa shape index (κ1) is 20.8. The number of halogens is 1. The highest BCUT2D eigenvalue weighted by molar-refractivity contribution is 7.98. The van der Waals surface area contributed by atoms with Crippen molar-refractivity contribution in [3.05, 3.63) is 92.5 Å². The average Bonchev–Trinajstić information content (AvgIpc) is 3.14. The maximum absolute atomic E-state index is 11.4. The minimum absolute atomic E-state index is 0.0259. The van der Waals surface area contributed by atoms with Crippen LogP contribution in [0.5, 0.6) is 5.75 Å². The fourth-order valence-corrected chi connectivity index (χ4v) is 4.89. The number of nitro benzene ring substituents is 1. The Labute approximate surface area is 193 Å². The Bertz CT molecular complexity index is 1310. The van der Waals surface area contributed by atoms with Crippen molar-refractivity contribution in [1.29, 1.82) is 0 Å². The van der Waals surface area contributed by atoms with E-state index in [0.29, 0.717) is 35.2 Å². The van der Waals surface area contributed by atoms with Gasteiger partial charge in [0.05, 0.1) is 29.1 Å². The molecule has 4 aromatic rings. The van der Waals surface area contributed by atoms with Gasteiger partial charge in [0.2, 0.25) is 0 Å². The summed E-state index contributed by atoms with van der Waals surface area (Å²) >= 11 is 7.70. The van der Waals surface area contributed by atoms with Crippen molar-refractivity contribution in [2.24, 2.45) is 0 Å². The predicted molar refractivity (Wildman–Crippen MR) is 123 cm³/mol. The molecule has 9 heteroatoms. The summed E-state index contributed by atoms with van der Waals surface area (Å²) < 4.78 is 13.1. The summed E-state index contributed by atoms with van der Waals surface area (Å²) in [5.41, 5.74) is 4.40. The molecule has 2 heterocycles. The van der Waals surface area contributed by atoms with Crippen molar-refractivity contribution >= 4 is 40.1 Å². The normalized spacial score (nSPS) is 13.0. The minimum atomic E-state index is -0.393. The van der Waals surface area contributed by atoms with Gasteiger partial charge < -0.3 is 14.0 Å². The van der Waals surface area contributed by atoms with Gasteiger partial charge in [0, 0.05) is 34.0 Å². The number of non-ortho nitro benzene ring substituents is 1. The van der Waals surface area contributed by atoms with Gasteiger partial charge in [-0.05, 0) is 23.8 Å². The Hall–Kier alpha value is -3.07. The number of hydrogen-bond acceptors (Lipinski definition) is 6. The molecule has 0 bridgehead atoms. The highest BCUT2D eigenvalue weighted by Crippen LogP contribution is 2.37. The maximum atomic E-state index is 11.4. The number of rotatable bonds is 6. The van der Waals surface area contributed by atoms with Gasteiger partial charge in [-0.1, -0.05) is 53.7 Å². The Balaban J connectivity index is 1.51. The highest BCUT2D eigenvalue weighted by Gasteiger charge is 2.22. The van der Waals surface area contributed by atoms with Gasteiger partial charge in [-0.25, -0.2) is 4.98 Å². The molecule has 3 aromatic carbocycles. The summed E-state index contributed by atoms with van der Waals surface area (Å²) in [7, 11) is 0. The lowest BCUT2D eigenvalue weighted by atomic mass is 10.1. The molecule has 0 atom stereocenters. The molecule has 0 unspecified atom stereocenters. The third-order valence-corrected chi connectivity index (χ3v) is 6.46. The maximum Gasteiger partial charge on any atom is 0.270 e. The van der Waals surface area contributed by atoms with Gasteiger partial charge in [-0.2, -0.15) is 0 Å². The summed E-state index contributed by atoms with van der Waals surface area (Å²) in [5.74, 6) is 1.12. The van der Waals surface area contributed by atoms with Crippen LogP contribution in [0.1, 0.15) is 16.7 Å². The first-order valence-electron chi connectivity index (χ1n) is 9.92. The van der Waals surface area contributed by atoms with E-state index in [2.05, 4.69) is 16.7 Å². The van der Waals surface area contributed by atoms with Gasteiger partial charge in [0.15, 0.2) is 11.9 Å². The minimum Gasteiger partial charge on any atom is -0.467 e. The topological polar surface area (TPSA) is 79.4 Å². The fraction of sp³-hybridized carbons (Fsp3) is 0.174. The SMILES string of the molecule is O=[N+]([O-])c1cc2c(c(CSc3nc4cc(Cl)ccc4n3Cc3ccccc3)c1)OCOC2. The largest absolute Gasteiger partial charge is 0.467 e. The zero-order valence-electron chi connectivity index (χ0n) is 16.9. The smallest absolute Gasteiger partial charge is 0.270 e. The third kappa shape index (κ3) is 4.17. The van der Waals surface area contributed by atoms with Gasteiger partial charge in [0.25, 0.3) is 5.69 Å². The van der Waals surface area contributed by atoms with Crippen LogP contribution in [0.25, 0.3) is 11.0 Å². The van der Waals surface area contributed by atoms with E-state index in [9.17, 15) is 10.1 Å². The lowest BCUT2D eigenvalue weighted by Crippen LogP contribution is -2.13. The van der Waals surface area contributed by atoms with Crippen LogP contribution in [0.15, 0.2) is 65.8 Å². The Morgan fingerprint density at radius 2 is 2.00 bits per heavy atom. The predicted octanol–water partition coefficient (Wildman–Crippen LogP) is 5.81. The number of nitrogens with zero attached hydrogens (tertiary/aromatic N) is 3. The molecule has 1 aliphatic rings. The quantitative estimate of drug-likeness (QED) is 0.202. The summed E-state index contributed by atoms with van der Waals surface area (Å²) in [6.45, 7) is 1.08. The van der Waals surface area contributed by atoms with Crippen LogP contribution in [0.2, 0.25) is 5.02 Å². The summed E-state index contributed by atoms with van der Waals surface area (Å²) in [4.78, 5) is 15.8. The Kier molecular flexibility index (Phi) is 5.73. The van der Waals surface area contributed by atoms with Gasteiger partial charge in [-0.15, -0.1) is 0 Å². The van der Waals surface area contributed by atoms with Crippen LogP contribution in [0.4, 0.5) is 5.69 Å². The first-order valence-corrected chi connectivity index (χ1v) is 11.3. The molecule has 1 aliphatic heterocycles. The van der Waals surface area contributed by atoms with Gasteiger partial charge in [0.1, 0.15) is 5.75 Å². The molecule has 0 radical (unpaired) electrons. The van der Waals surface area contributed by atoms with Crippen LogP contribution < -0.4 is 4.74 Å². The van der Waals surface area contributed by atoms with Crippen molar-refractivity contribution in [2.75, 3.05) is 6.79 Å². The fourth-order valence-electron chi connectivity index (χ4n) is 3.75. The van der Waals surface area contributed by atoms with Crippen LogP contribution in [0, 0.1) is 10.1 Å². The number of imidazole rings is 1. The molecule has 1 aromatic heterocycles. The Morgan fingerprint density at radius 3 is 2.81 bits per heavy atom. The lowest BCUT2D eigenvalue weighted by Gasteiger charge is -2.20. The van der Waals surface area contributed by atoms with Crippen molar-refractivity contribution in [3.63, 3.8) is 0 Å². The second-order valence-corrected chi connectivity index (χ2v) is 8.73. The molecule has 0 saturated carbocycles. The third-order valence-electron chi connectivity index (χ3n) is 5.20. The van der Waals surface area contributed by atoms with Gasteiger partial charge in [-0.3, -0.25) is 10.1 Å². The van der Waals surface area contributed by atoms with Crippen molar-refractivity contribution in [3.8, 4) is 5.75 Å². The van der Waals surface area contributed by atoms with Crippen LogP contribution in [-0.2, 0) is 23.6 Å². The van der Waals surface area contributed by atoms with E-state index < -0.39 is 4.92 Å². The van der Waals surface area contributed by atoms with Crippen LogP contribution >= 0.6 is 23.4 Å². The standard InChI is InChI=1S/C23H18ClN3O4S/c24-18-6-7-21-20(10-18)25-23(26(21)11-15-4-2-1-3-5-15)32-13-17-9-19(27(28)29)8-16-12-30-14-31-22(16)17/h1-10H,11-14H2. The number of fused-ring (bicyclic) bond motifs is 2. The summed E-state index contributed by atoms with van der Waals surface area (Å²) in [6.07, 6.45) is 0. The molecule has 32 heavy (non-hydrogen) atoms. The molecule has 5 rings (SSSR count). The number of thioether (sulfide) groups is 1. The van der Waals surface area contributed by atoms with E-state index in [4.69, 9.17) is 26.1 Å². The molecule has 0 N–H and O–H groups in total. The van der Waals surface area contributed by atoms with Crippen LogP contribution in [-0.4, -0.2) is 21.3 Å². The number of ether oxygens (including phenoxy) is 2. The van der Waals surface area contributed by atoms with Crippen molar-refractivity contribution in [2.45, 2.75) is 24.1 Å². The van der Waals surface area contributed by atoms with E-state index in [-0.39, 0.29) is 12.5 Å². The molecule has 7 nitrogen and oxygen atoms in total. The molecule has 0 amide bonds. The first-order chi connectivity index (χ1) is 15.6. The van der Waals surface area contributed by atoms with E-state index >= 15 is 0 Å². The van der Waals surface area contributed by atoms with Gasteiger partial charge >= 0.3 is 0 Å². The van der Waals surface area contributed by atoms with E-state index in [1.54, 1.807) is 6.07 Å². The number of hydrogen-bond donors (Lipinski definition) is 0. The molecule has 162 valence electrons. The molecule has 0 fully saturated rings. The molecule has 0 spiro atoms. The monoisotopic (exact) mass is 467 g/mol. The molecular formula is C23H18ClN3O4S. The van der Waals surface area contributed by atoms with Crippen molar-refractivity contribution < 1.29 is 14.4 Å². The Morgan fingerprint density at radius 1 is 1.16 bits per heavy atom. The summed E-state index contributed by atoms with van der Waals surface area (Å²) in [6, 6.07) is 18.9. The lowest BCUT2D eigenvalue weighted by molar-refractivity contribution is -0.385. The van der Waals surface area contributed by atoms with E-state index in [0.717, 1.165) is 27.3 Å². The highest BCUT2D eigenvalue weighted by atomic mass is 35.5. The second-order valence-electron chi connectivity index (χ2n) is 7.35. The summed E-state index contributed by atoms with van der Waals surface area (Å²) in [5, 5.41) is 12.8. The van der Waals surface area contributed by atoms with Crippen LogP contribution in [0.3, 0.4) is 0 Å². The second kappa shape index (κ2) is 8.82. The number of aromatic nitrogens is 2. The number of benzene rings is 3. The number of nitro groups is 1. The average molecular weight is 468 g/mol. The van der Waals surface area contributed by atoms with E-state index in [1.807, 2.05) is 36.4 Å². The molecule has 0 aliphatic carbocycles. The molecular weight excluding hydrogens is 450 g/mol. The van der Waals surface area contributed by atoms with Crippen molar-refractivity contribution in [1.82, 2.24) is 9.55 Å².